The summed E-state index contributed by atoms with van der Waals surface area (Å²) in [5.74, 6) is 1.89. The number of hydrogen-bond donors (Lipinski definition) is 2. The first-order chi connectivity index (χ1) is 9.24. The number of rotatable bonds is 4. The maximum atomic E-state index is 6.06. The van der Waals surface area contributed by atoms with Crippen molar-refractivity contribution in [3.63, 3.8) is 0 Å². The Morgan fingerprint density at radius 3 is 2.63 bits per heavy atom. The fourth-order valence-electron chi connectivity index (χ4n) is 1.90. The zero-order valence-corrected chi connectivity index (χ0v) is 11.2. The van der Waals surface area contributed by atoms with Gasteiger partial charge in [-0.15, -0.1) is 0 Å². The number of hydrogen-bond acceptors (Lipinski definition) is 4. The lowest BCUT2D eigenvalue weighted by atomic mass is 10.2. The molecule has 3 rings (SSSR count). The lowest BCUT2D eigenvalue weighted by Crippen LogP contribution is -2.08. The molecule has 0 saturated heterocycles. The predicted molar refractivity (Wildman–Crippen MR) is 77.2 cm³/mol. The third-order valence-electron chi connectivity index (χ3n) is 3.16. The van der Waals surface area contributed by atoms with Crippen LogP contribution in [-0.4, -0.2) is 9.97 Å². The molecule has 0 radical (unpaired) electrons. The highest BCUT2D eigenvalue weighted by atomic mass is 35.5. The first kappa shape index (κ1) is 12.2. The highest BCUT2D eigenvalue weighted by Gasteiger charge is 2.28. The van der Waals surface area contributed by atoms with E-state index < -0.39 is 0 Å². The Morgan fingerprint density at radius 2 is 1.95 bits per heavy atom. The molecule has 1 aromatic carbocycles. The Morgan fingerprint density at radius 1 is 1.21 bits per heavy atom. The first-order valence-electron chi connectivity index (χ1n) is 6.35. The maximum absolute atomic E-state index is 6.06. The van der Waals surface area contributed by atoms with E-state index in [4.69, 9.17) is 17.3 Å². The zero-order chi connectivity index (χ0) is 13.2. The van der Waals surface area contributed by atoms with Gasteiger partial charge in [0, 0.05) is 12.5 Å². The number of aromatic nitrogens is 2. The van der Waals surface area contributed by atoms with E-state index in [-0.39, 0.29) is 0 Å². The predicted octanol–water partition coefficient (Wildman–Crippen LogP) is 3.20. The Hall–Kier alpha value is -1.81. The molecule has 1 aromatic heterocycles. The third kappa shape index (κ3) is 2.79. The van der Waals surface area contributed by atoms with Crippen LogP contribution < -0.4 is 11.1 Å². The standard InChI is InChI=1S/C14H15ClN4/c15-12-11(16)14(19-13(18-12)10-6-7-10)17-8-9-4-2-1-3-5-9/h1-5,10H,6-8,16H2,(H,17,18,19). The van der Waals surface area contributed by atoms with Crippen LogP contribution in [0.4, 0.5) is 11.5 Å². The molecule has 0 amide bonds. The van der Waals surface area contributed by atoms with Gasteiger partial charge < -0.3 is 11.1 Å². The minimum atomic E-state index is 0.340. The van der Waals surface area contributed by atoms with Gasteiger partial charge in [-0.25, -0.2) is 9.97 Å². The van der Waals surface area contributed by atoms with Gasteiger partial charge in [-0.2, -0.15) is 0 Å². The highest BCUT2D eigenvalue weighted by molar-refractivity contribution is 6.32. The number of halogens is 1. The van der Waals surface area contributed by atoms with Gasteiger partial charge in [0.15, 0.2) is 11.0 Å². The molecule has 0 spiro atoms. The van der Waals surface area contributed by atoms with Gasteiger partial charge in [0.25, 0.3) is 0 Å². The summed E-state index contributed by atoms with van der Waals surface area (Å²) in [5, 5.41) is 3.57. The molecule has 4 nitrogen and oxygen atoms in total. The quantitative estimate of drug-likeness (QED) is 0.841. The van der Waals surface area contributed by atoms with Crippen LogP contribution in [0.3, 0.4) is 0 Å². The van der Waals surface area contributed by atoms with Crippen LogP contribution in [-0.2, 0) is 6.54 Å². The topological polar surface area (TPSA) is 63.8 Å². The van der Waals surface area contributed by atoms with Crippen molar-refractivity contribution in [1.82, 2.24) is 9.97 Å². The van der Waals surface area contributed by atoms with Crippen molar-refractivity contribution in [2.75, 3.05) is 11.1 Å². The number of nitrogens with two attached hydrogens (primary N) is 1. The van der Waals surface area contributed by atoms with Gasteiger partial charge in [-0.3, -0.25) is 0 Å². The van der Waals surface area contributed by atoms with Crippen molar-refractivity contribution in [3.8, 4) is 0 Å². The summed E-state index contributed by atoms with van der Waals surface area (Å²) < 4.78 is 0. The van der Waals surface area contributed by atoms with Gasteiger partial charge in [0.05, 0.1) is 0 Å². The second-order valence-corrected chi connectivity index (χ2v) is 5.11. The second kappa shape index (κ2) is 5.05. The van der Waals surface area contributed by atoms with Crippen LogP contribution >= 0.6 is 11.6 Å². The van der Waals surface area contributed by atoms with Crippen molar-refractivity contribution >= 4 is 23.1 Å². The number of nitrogens with one attached hydrogen (secondary N) is 1. The van der Waals surface area contributed by atoms with Gasteiger partial charge in [-0.1, -0.05) is 41.9 Å². The van der Waals surface area contributed by atoms with Crippen molar-refractivity contribution < 1.29 is 0 Å². The molecular weight excluding hydrogens is 260 g/mol. The lowest BCUT2D eigenvalue weighted by Gasteiger charge is -2.11. The average Bonchev–Trinajstić information content (AvgIpc) is 3.26. The number of benzene rings is 1. The van der Waals surface area contributed by atoms with E-state index >= 15 is 0 Å². The van der Waals surface area contributed by atoms with E-state index in [9.17, 15) is 0 Å². The normalized spacial score (nSPS) is 14.4. The molecule has 0 bridgehead atoms. The number of nitrogen functional groups attached to an aromatic ring is 1. The molecule has 1 aliphatic carbocycles. The average molecular weight is 275 g/mol. The first-order valence-corrected chi connectivity index (χ1v) is 6.72. The molecule has 0 atom stereocenters. The molecule has 1 saturated carbocycles. The summed E-state index contributed by atoms with van der Waals surface area (Å²) in [5.41, 5.74) is 7.51. The fourth-order valence-corrected chi connectivity index (χ4v) is 2.07. The lowest BCUT2D eigenvalue weighted by molar-refractivity contribution is 0.924. The molecule has 1 fully saturated rings. The SMILES string of the molecule is Nc1c(Cl)nc(C2CC2)nc1NCc1ccccc1. The van der Waals surface area contributed by atoms with Crippen molar-refractivity contribution in [2.24, 2.45) is 0 Å². The number of nitrogens with zero attached hydrogens (tertiary/aromatic N) is 2. The van der Waals surface area contributed by atoms with Crippen LogP contribution in [0, 0.1) is 0 Å². The summed E-state index contributed by atoms with van der Waals surface area (Å²) in [4.78, 5) is 8.72. The molecule has 5 heteroatoms. The Labute approximate surface area is 117 Å². The monoisotopic (exact) mass is 274 g/mol. The van der Waals surface area contributed by atoms with E-state index in [2.05, 4.69) is 15.3 Å². The molecule has 98 valence electrons. The van der Waals surface area contributed by atoms with Crippen LogP contribution in [0.25, 0.3) is 0 Å². The summed E-state index contributed by atoms with van der Waals surface area (Å²) >= 11 is 6.06. The van der Waals surface area contributed by atoms with E-state index in [0.29, 0.717) is 29.1 Å². The largest absolute Gasteiger partial charge is 0.393 e. The van der Waals surface area contributed by atoms with E-state index in [1.807, 2.05) is 30.3 Å². The highest BCUT2D eigenvalue weighted by Crippen LogP contribution is 2.40. The Kier molecular flexibility index (Phi) is 3.25. The minimum absolute atomic E-state index is 0.340. The van der Waals surface area contributed by atoms with Crippen LogP contribution in [0.2, 0.25) is 5.15 Å². The second-order valence-electron chi connectivity index (χ2n) is 4.75. The van der Waals surface area contributed by atoms with Crippen LogP contribution in [0.15, 0.2) is 30.3 Å². The third-order valence-corrected chi connectivity index (χ3v) is 3.45. The summed E-state index contributed by atoms with van der Waals surface area (Å²) in [6.45, 7) is 0.669. The Balaban J connectivity index is 1.79. The molecular formula is C14H15ClN4. The molecule has 2 aromatic rings. The zero-order valence-electron chi connectivity index (χ0n) is 10.4. The van der Waals surface area contributed by atoms with Crippen molar-refractivity contribution in [3.05, 3.63) is 46.9 Å². The molecule has 19 heavy (non-hydrogen) atoms. The fraction of sp³-hybridized carbons (Fsp3) is 0.286. The molecule has 3 N–H and O–H groups in total. The van der Waals surface area contributed by atoms with Crippen molar-refractivity contribution in [2.45, 2.75) is 25.3 Å². The van der Waals surface area contributed by atoms with E-state index in [1.165, 1.54) is 5.56 Å². The van der Waals surface area contributed by atoms with Gasteiger partial charge >= 0.3 is 0 Å². The summed E-state index contributed by atoms with van der Waals surface area (Å²) in [6, 6.07) is 10.1. The van der Waals surface area contributed by atoms with Crippen LogP contribution in [0.5, 0.6) is 0 Å². The van der Waals surface area contributed by atoms with Gasteiger partial charge in [-0.05, 0) is 18.4 Å². The van der Waals surface area contributed by atoms with E-state index in [0.717, 1.165) is 18.7 Å². The molecule has 1 aliphatic rings. The summed E-state index contributed by atoms with van der Waals surface area (Å²) in [7, 11) is 0. The molecule has 1 heterocycles. The van der Waals surface area contributed by atoms with Gasteiger partial charge in [0.1, 0.15) is 11.5 Å². The number of anilines is 2. The maximum Gasteiger partial charge on any atom is 0.157 e. The minimum Gasteiger partial charge on any atom is -0.393 e. The van der Waals surface area contributed by atoms with Crippen LogP contribution in [0.1, 0.15) is 30.1 Å². The smallest absolute Gasteiger partial charge is 0.157 e. The molecule has 0 aliphatic heterocycles. The van der Waals surface area contributed by atoms with E-state index in [1.54, 1.807) is 0 Å². The molecule has 0 unspecified atom stereocenters. The van der Waals surface area contributed by atoms with Crippen molar-refractivity contribution in [1.29, 1.82) is 0 Å². The van der Waals surface area contributed by atoms with Gasteiger partial charge in [0.2, 0.25) is 0 Å². The Bertz CT molecular complexity index is 581. The summed E-state index contributed by atoms with van der Waals surface area (Å²) in [6.07, 6.45) is 2.27.